The summed E-state index contributed by atoms with van der Waals surface area (Å²) in [4.78, 5) is 30.6. The number of halogens is 1. The second-order valence-corrected chi connectivity index (χ2v) is 7.41. The van der Waals surface area contributed by atoms with E-state index in [0.29, 0.717) is 31.6 Å². The lowest BCUT2D eigenvalue weighted by molar-refractivity contribution is -0.127. The summed E-state index contributed by atoms with van der Waals surface area (Å²) >= 11 is 1.49. The molecule has 0 saturated carbocycles. The average molecular weight is 375 g/mol. The predicted octanol–water partition coefficient (Wildman–Crippen LogP) is 2.81. The molecule has 1 saturated heterocycles. The first-order valence-electron chi connectivity index (χ1n) is 8.82. The molecule has 1 aliphatic rings. The minimum atomic E-state index is -0.266. The van der Waals surface area contributed by atoms with Crippen molar-refractivity contribution in [2.45, 2.75) is 38.6 Å². The van der Waals surface area contributed by atoms with Crippen molar-refractivity contribution in [1.29, 1.82) is 0 Å². The first kappa shape index (κ1) is 18.5. The summed E-state index contributed by atoms with van der Waals surface area (Å²) in [6, 6.07) is 6.10. The Balaban J connectivity index is 1.50. The van der Waals surface area contributed by atoms with Gasteiger partial charge in [-0.05, 0) is 37.0 Å². The zero-order valence-corrected chi connectivity index (χ0v) is 15.5. The molecule has 7 heteroatoms. The van der Waals surface area contributed by atoms with Gasteiger partial charge in [0.2, 0.25) is 5.91 Å². The third kappa shape index (κ3) is 4.66. The summed E-state index contributed by atoms with van der Waals surface area (Å²) in [7, 11) is 0. The van der Waals surface area contributed by atoms with Crippen molar-refractivity contribution in [3.05, 3.63) is 51.7 Å². The Kier molecular flexibility index (Phi) is 5.98. The Bertz CT molecular complexity index is 775. The molecule has 5 nitrogen and oxygen atoms in total. The van der Waals surface area contributed by atoms with Crippen molar-refractivity contribution in [2.75, 3.05) is 13.1 Å². The Labute approximate surface area is 156 Å². The molecule has 2 aromatic rings. The molecule has 1 atom stereocenters. The number of aromatic nitrogens is 1. The van der Waals surface area contributed by atoms with Gasteiger partial charge in [0, 0.05) is 24.9 Å². The summed E-state index contributed by atoms with van der Waals surface area (Å²) in [6.07, 6.45) is 2.84. The molecule has 0 bridgehead atoms. The van der Waals surface area contributed by atoms with Crippen LogP contribution < -0.4 is 5.32 Å². The SMILES string of the molecule is CCCc1nc(C(=O)N[C@@H]2CC(=O)N(CCc3ccc(F)cc3)C2)cs1. The van der Waals surface area contributed by atoms with Crippen LogP contribution in [-0.2, 0) is 17.6 Å². The Morgan fingerprint density at radius 3 is 2.85 bits per heavy atom. The monoisotopic (exact) mass is 375 g/mol. The zero-order valence-electron chi connectivity index (χ0n) is 14.7. The van der Waals surface area contributed by atoms with Gasteiger partial charge in [-0.25, -0.2) is 9.37 Å². The quantitative estimate of drug-likeness (QED) is 0.809. The molecule has 2 heterocycles. The fraction of sp³-hybridized carbons (Fsp3) is 0.421. The number of nitrogens with zero attached hydrogens (tertiary/aromatic N) is 2. The van der Waals surface area contributed by atoms with Crippen molar-refractivity contribution in [1.82, 2.24) is 15.2 Å². The molecule has 1 aliphatic heterocycles. The average Bonchev–Trinajstić information content (AvgIpc) is 3.21. The van der Waals surface area contributed by atoms with Gasteiger partial charge in [0.15, 0.2) is 0 Å². The number of hydrogen-bond donors (Lipinski definition) is 1. The van der Waals surface area contributed by atoms with Crippen molar-refractivity contribution in [3.8, 4) is 0 Å². The van der Waals surface area contributed by atoms with Crippen LogP contribution in [0, 0.1) is 5.82 Å². The van der Waals surface area contributed by atoms with Crippen LogP contribution in [0.15, 0.2) is 29.6 Å². The number of rotatable bonds is 7. The van der Waals surface area contributed by atoms with Crippen LogP contribution >= 0.6 is 11.3 Å². The number of aryl methyl sites for hydroxylation is 1. The van der Waals surface area contributed by atoms with Gasteiger partial charge in [-0.15, -0.1) is 11.3 Å². The van der Waals surface area contributed by atoms with Crippen LogP contribution in [0.2, 0.25) is 0 Å². The van der Waals surface area contributed by atoms with Gasteiger partial charge < -0.3 is 10.2 Å². The molecule has 138 valence electrons. The van der Waals surface area contributed by atoms with Crippen molar-refractivity contribution < 1.29 is 14.0 Å². The molecule has 26 heavy (non-hydrogen) atoms. The molecule has 0 aliphatic carbocycles. The molecule has 2 amide bonds. The van der Waals surface area contributed by atoms with Crippen LogP contribution in [0.25, 0.3) is 0 Å². The summed E-state index contributed by atoms with van der Waals surface area (Å²) in [5.41, 5.74) is 1.41. The number of likely N-dealkylation sites (tertiary alicyclic amines) is 1. The predicted molar refractivity (Wildman–Crippen MR) is 98.7 cm³/mol. The van der Waals surface area contributed by atoms with E-state index in [0.717, 1.165) is 23.4 Å². The molecule has 0 unspecified atom stereocenters. The van der Waals surface area contributed by atoms with Crippen molar-refractivity contribution in [2.24, 2.45) is 0 Å². The standard InChI is InChI=1S/C19H22FN3O2S/c1-2-3-17-22-16(12-26-17)19(25)21-15-10-18(24)23(11-15)9-8-13-4-6-14(20)7-5-13/h4-7,12,15H,2-3,8-11H2,1H3,(H,21,25)/t15-/m1/s1. The molecule has 3 rings (SSSR count). The van der Waals surface area contributed by atoms with Crippen LogP contribution in [0.3, 0.4) is 0 Å². The zero-order chi connectivity index (χ0) is 18.5. The molecule has 0 radical (unpaired) electrons. The van der Waals surface area contributed by atoms with Crippen LogP contribution in [0.1, 0.15) is 40.8 Å². The van der Waals surface area contributed by atoms with Gasteiger partial charge in [-0.3, -0.25) is 9.59 Å². The normalized spacial score (nSPS) is 16.9. The van der Waals surface area contributed by atoms with Crippen molar-refractivity contribution in [3.63, 3.8) is 0 Å². The van der Waals surface area contributed by atoms with E-state index in [9.17, 15) is 14.0 Å². The van der Waals surface area contributed by atoms with E-state index in [2.05, 4.69) is 17.2 Å². The van der Waals surface area contributed by atoms with Gasteiger partial charge in [0.1, 0.15) is 11.5 Å². The summed E-state index contributed by atoms with van der Waals surface area (Å²) in [6.45, 7) is 3.14. The summed E-state index contributed by atoms with van der Waals surface area (Å²) in [5.74, 6) is -0.456. The topological polar surface area (TPSA) is 62.3 Å². The maximum absolute atomic E-state index is 12.9. The largest absolute Gasteiger partial charge is 0.346 e. The highest BCUT2D eigenvalue weighted by Crippen LogP contribution is 2.15. The molecular formula is C19H22FN3O2S. The Morgan fingerprint density at radius 1 is 1.35 bits per heavy atom. The van der Waals surface area contributed by atoms with Crippen LogP contribution in [0.4, 0.5) is 4.39 Å². The van der Waals surface area contributed by atoms with Crippen molar-refractivity contribution >= 4 is 23.2 Å². The summed E-state index contributed by atoms with van der Waals surface area (Å²) < 4.78 is 12.9. The smallest absolute Gasteiger partial charge is 0.271 e. The number of benzene rings is 1. The lowest BCUT2D eigenvalue weighted by Crippen LogP contribution is -2.37. The minimum absolute atomic E-state index is 0.0300. The Morgan fingerprint density at radius 2 is 2.12 bits per heavy atom. The van der Waals surface area contributed by atoms with E-state index in [1.54, 1.807) is 22.4 Å². The van der Waals surface area contributed by atoms with Gasteiger partial charge in [-0.1, -0.05) is 19.1 Å². The van der Waals surface area contributed by atoms with E-state index in [1.807, 2.05) is 0 Å². The van der Waals surface area contributed by atoms with Crippen LogP contribution in [0.5, 0.6) is 0 Å². The third-order valence-electron chi connectivity index (χ3n) is 4.38. The minimum Gasteiger partial charge on any atom is -0.346 e. The number of carbonyl (C=O) groups is 2. The third-order valence-corrected chi connectivity index (χ3v) is 5.29. The van der Waals surface area contributed by atoms with Crippen LogP contribution in [-0.4, -0.2) is 40.8 Å². The maximum atomic E-state index is 12.9. The van der Waals surface area contributed by atoms with E-state index in [1.165, 1.54) is 23.5 Å². The number of amides is 2. The number of carbonyl (C=O) groups excluding carboxylic acids is 2. The van der Waals surface area contributed by atoms with Gasteiger partial charge in [0.25, 0.3) is 5.91 Å². The first-order valence-corrected chi connectivity index (χ1v) is 9.70. The highest BCUT2D eigenvalue weighted by atomic mass is 32.1. The molecular weight excluding hydrogens is 353 g/mol. The van der Waals surface area contributed by atoms with E-state index < -0.39 is 0 Å². The number of hydrogen-bond acceptors (Lipinski definition) is 4. The highest BCUT2D eigenvalue weighted by molar-refractivity contribution is 7.09. The molecule has 1 aromatic carbocycles. The van der Waals surface area contributed by atoms with E-state index in [4.69, 9.17) is 0 Å². The van der Waals surface area contributed by atoms with Gasteiger partial charge >= 0.3 is 0 Å². The maximum Gasteiger partial charge on any atom is 0.271 e. The van der Waals surface area contributed by atoms with E-state index >= 15 is 0 Å². The number of thiazole rings is 1. The number of nitrogens with one attached hydrogen (secondary N) is 1. The highest BCUT2D eigenvalue weighted by Gasteiger charge is 2.30. The molecule has 1 N–H and O–H groups in total. The molecule has 1 fully saturated rings. The molecule has 0 spiro atoms. The fourth-order valence-corrected chi connectivity index (χ4v) is 3.88. The molecule has 1 aromatic heterocycles. The Hall–Kier alpha value is -2.28. The van der Waals surface area contributed by atoms with Gasteiger partial charge in [-0.2, -0.15) is 0 Å². The fourth-order valence-electron chi connectivity index (χ4n) is 3.00. The van der Waals surface area contributed by atoms with Gasteiger partial charge in [0.05, 0.1) is 11.0 Å². The second-order valence-electron chi connectivity index (χ2n) is 6.47. The first-order chi connectivity index (χ1) is 12.5. The summed E-state index contributed by atoms with van der Waals surface area (Å²) in [5, 5.41) is 5.64. The second kappa shape index (κ2) is 8.40. The van der Waals surface area contributed by atoms with E-state index in [-0.39, 0.29) is 23.7 Å². The lowest BCUT2D eigenvalue weighted by atomic mass is 10.1. The lowest BCUT2D eigenvalue weighted by Gasteiger charge is -2.17.